The molecule has 1 aromatic rings. The first kappa shape index (κ1) is 12.2. The van der Waals surface area contributed by atoms with E-state index in [1.54, 1.807) is 11.3 Å². The Morgan fingerprint density at radius 1 is 1.60 bits per heavy atom. The number of aryl methyl sites for hydroxylation is 1. The third-order valence-corrected chi connectivity index (χ3v) is 3.77. The van der Waals surface area contributed by atoms with Gasteiger partial charge in [0.2, 0.25) is 5.91 Å². The Labute approximate surface area is 94.7 Å². The second-order valence-corrected chi connectivity index (χ2v) is 5.21. The Morgan fingerprint density at radius 3 is 2.73 bits per heavy atom. The average molecular weight is 226 g/mol. The molecule has 84 valence electrons. The second kappa shape index (κ2) is 4.77. The monoisotopic (exact) mass is 226 g/mol. The molecule has 1 amide bonds. The van der Waals surface area contributed by atoms with Crippen LogP contribution in [0.5, 0.6) is 0 Å². The van der Waals surface area contributed by atoms with Gasteiger partial charge in [0, 0.05) is 16.8 Å². The molecule has 0 saturated carbocycles. The lowest BCUT2D eigenvalue weighted by molar-refractivity contribution is -0.119. The molecule has 3 N–H and O–H groups in total. The number of nitrogens with two attached hydrogens (primary N) is 1. The van der Waals surface area contributed by atoms with E-state index < -0.39 is 0 Å². The molecule has 15 heavy (non-hydrogen) atoms. The van der Waals surface area contributed by atoms with E-state index in [0.29, 0.717) is 6.54 Å². The van der Waals surface area contributed by atoms with Crippen LogP contribution in [0.2, 0.25) is 0 Å². The largest absolute Gasteiger partial charge is 0.354 e. The van der Waals surface area contributed by atoms with Crippen molar-refractivity contribution >= 4 is 17.2 Å². The lowest BCUT2D eigenvalue weighted by atomic mass is 9.89. The molecule has 0 aliphatic rings. The van der Waals surface area contributed by atoms with E-state index in [2.05, 4.69) is 37.5 Å². The summed E-state index contributed by atoms with van der Waals surface area (Å²) in [6, 6.07) is 2.10. The fourth-order valence-electron chi connectivity index (χ4n) is 1.54. The molecule has 0 aliphatic carbocycles. The van der Waals surface area contributed by atoms with Crippen molar-refractivity contribution in [1.29, 1.82) is 0 Å². The van der Waals surface area contributed by atoms with Crippen LogP contribution in [0.3, 0.4) is 0 Å². The Morgan fingerprint density at radius 2 is 2.27 bits per heavy atom. The van der Waals surface area contributed by atoms with Crippen LogP contribution in [0, 0.1) is 6.92 Å². The van der Waals surface area contributed by atoms with E-state index in [0.717, 1.165) is 0 Å². The highest BCUT2D eigenvalue weighted by atomic mass is 32.1. The summed E-state index contributed by atoms with van der Waals surface area (Å²) < 4.78 is 0. The Kier molecular flexibility index (Phi) is 3.88. The summed E-state index contributed by atoms with van der Waals surface area (Å²) in [7, 11) is 0. The quantitative estimate of drug-likeness (QED) is 0.815. The Bertz CT molecular complexity index is 344. The van der Waals surface area contributed by atoms with Crippen LogP contribution in [-0.2, 0) is 10.2 Å². The Hall–Kier alpha value is -0.870. The van der Waals surface area contributed by atoms with E-state index in [-0.39, 0.29) is 17.9 Å². The molecule has 4 heteroatoms. The van der Waals surface area contributed by atoms with Crippen molar-refractivity contribution < 1.29 is 4.79 Å². The van der Waals surface area contributed by atoms with Crippen LogP contribution in [0.25, 0.3) is 0 Å². The fourth-order valence-corrected chi connectivity index (χ4v) is 2.59. The average Bonchev–Trinajstić information content (AvgIpc) is 2.61. The molecule has 1 heterocycles. The number of carbonyl (C=O) groups is 1. The maximum absolute atomic E-state index is 11.1. The molecule has 0 spiro atoms. The van der Waals surface area contributed by atoms with Crippen LogP contribution in [0.4, 0.5) is 0 Å². The number of amides is 1. The number of nitrogens with one attached hydrogen (secondary N) is 1. The molecule has 0 radical (unpaired) electrons. The fraction of sp³-hybridized carbons (Fsp3) is 0.545. The van der Waals surface area contributed by atoms with Gasteiger partial charge in [-0.2, -0.15) is 0 Å². The van der Waals surface area contributed by atoms with E-state index in [9.17, 15) is 4.79 Å². The van der Waals surface area contributed by atoms with Gasteiger partial charge in [-0.1, -0.05) is 13.8 Å². The maximum Gasteiger partial charge on any atom is 0.233 e. The van der Waals surface area contributed by atoms with Crippen molar-refractivity contribution in [1.82, 2.24) is 5.32 Å². The third-order valence-electron chi connectivity index (χ3n) is 2.39. The standard InChI is InChI=1S/C11H18N2OS/c1-8-4-5-15-10(8)11(2,3)7-13-9(14)6-12/h4-5H,6-7,12H2,1-3H3,(H,13,14). The first-order valence-electron chi connectivity index (χ1n) is 4.98. The topological polar surface area (TPSA) is 55.1 Å². The minimum absolute atomic E-state index is 0.0247. The van der Waals surface area contributed by atoms with Gasteiger partial charge in [-0.25, -0.2) is 0 Å². The van der Waals surface area contributed by atoms with Crippen molar-refractivity contribution in [2.75, 3.05) is 13.1 Å². The summed E-state index contributed by atoms with van der Waals surface area (Å²) in [6.07, 6.45) is 0. The molecule has 3 nitrogen and oxygen atoms in total. The maximum atomic E-state index is 11.1. The molecule has 0 unspecified atom stereocenters. The van der Waals surface area contributed by atoms with Crippen LogP contribution in [0.15, 0.2) is 11.4 Å². The normalized spacial score (nSPS) is 11.5. The molecule has 1 aromatic heterocycles. The Balaban J connectivity index is 2.67. The van der Waals surface area contributed by atoms with E-state index in [1.807, 2.05) is 0 Å². The number of rotatable bonds is 4. The second-order valence-electron chi connectivity index (χ2n) is 4.30. The molecule has 1 rings (SSSR count). The minimum Gasteiger partial charge on any atom is -0.354 e. The van der Waals surface area contributed by atoms with Gasteiger partial charge < -0.3 is 11.1 Å². The molecule has 0 atom stereocenters. The van der Waals surface area contributed by atoms with Gasteiger partial charge in [0.05, 0.1) is 6.54 Å². The van der Waals surface area contributed by atoms with Crippen LogP contribution >= 0.6 is 11.3 Å². The van der Waals surface area contributed by atoms with Gasteiger partial charge in [-0.15, -0.1) is 11.3 Å². The molecule has 0 fully saturated rings. The van der Waals surface area contributed by atoms with E-state index in [1.165, 1.54) is 10.4 Å². The van der Waals surface area contributed by atoms with E-state index in [4.69, 9.17) is 5.73 Å². The number of carbonyl (C=O) groups excluding carboxylic acids is 1. The van der Waals surface area contributed by atoms with Crippen molar-refractivity contribution in [3.05, 3.63) is 21.9 Å². The zero-order valence-corrected chi connectivity index (χ0v) is 10.3. The number of hydrogen-bond acceptors (Lipinski definition) is 3. The molecule has 0 aliphatic heterocycles. The SMILES string of the molecule is Cc1ccsc1C(C)(C)CNC(=O)CN. The number of hydrogen-bond donors (Lipinski definition) is 2. The third kappa shape index (κ3) is 3.04. The van der Waals surface area contributed by atoms with Gasteiger partial charge in [0.1, 0.15) is 0 Å². The van der Waals surface area contributed by atoms with Crippen LogP contribution in [-0.4, -0.2) is 19.0 Å². The predicted octanol–water partition coefficient (Wildman–Crippen LogP) is 1.41. The first-order chi connectivity index (χ1) is 6.97. The smallest absolute Gasteiger partial charge is 0.233 e. The predicted molar refractivity (Wildman–Crippen MR) is 64.1 cm³/mol. The van der Waals surface area contributed by atoms with Gasteiger partial charge in [-0.3, -0.25) is 4.79 Å². The van der Waals surface area contributed by atoms with Gasteiger partial charge in [0.25, 0.3) is 0 Å². The molecule has 0 saturated heterocycles. The van der Waals surface area contributed by atoms with Crippen LogP contribution < -0.4 is 11.1 Å². The lowest BCUT2D eigenvalue weighted by Crippen LogP contribution is -2.39. The highest BCUT2D eigenvalue weighted by Gasteiger charge is 2.24. The van der Waals surface area contributed by atoms with Gasteiger partial charge in [-0.05, 0) is 23.9 Å². The summed E-state index contributed by atoms with van der Waals surface area (Å²) in [5.41, 5.74) is 6.50. The highest BCUT2D eigenvalue weighted by Crippen LogP contribution is 2.30. The zero-order chi connectivity index (χ0) is 11.5. The van der Waals surface area contributed by atoms with Crippen molar-refractivity contribution in [3.8, 4) is 0 Å². The van der Waals surface area contributed by atoms with E-state index >= 15 is 0 Å². The summed E-state index contributed by atoms with van der Waals surface area (Å²) in [5, 5.41) is 4.91. The lowest BCUT2D eigenvalue weighted by Gasteiger charge is -2.24. The molecule has 0 bridgehead atoms. The highest BCUT2D eigenvalue weighted by molar-refractivity contribution is 7.10. The summed E-state index contributed by atoms with van der Waals surface area (Å²) >= 11 is 1.73. The van der Waals surface area contributed by atoms with Crippen molar-refractivity contribution in [2.45, 2.75) is 26.2 Å². The molecular weight excluding hydrogens is 208 g/mol. The van der Waals surface area contributed by atoms with Crippen molar-refractivity contribution in [3.63, 3.8) is 0 Å². The summed E-state index contributed by atoms with van der Waals surface area (Å²) in [6.45, 7) is 7.04. The summed E-state index contributed by atoms with van der Waals surface area (Å²) in [4.78, 5) is 12.4. The minimum atomic E-state index is -0.0997. The molecule has 0 aromatic carbocycles. The zero-order valence-electron chi connectivity index (χ0n) is 9.46. The first-order valence-corrected chi connectivity index (χ1v) is 5.86. The van der Waals surface area contributed by atoms with Crippen molar-refractivity contribution in [2.24, 2.45) is 5.73 Å². The van der Waals surface area contributed by atoms with Gasteiger partial charge >= 0.3 is 0 Å². The number of thiophene rings is 1. The van der Waals surface area contributed by atoms with Crippen LogP contribution in [0.1, 0.15) is 24.3 Å². The summed E-state index contributed by atoms with van der Waals surface area (Å²) in [5.74, 6) is -0.0997. The van der Waals surface area contributed by atoms with Gasteiger partial charge in [0.15, 0.2) is 0 Å². The molecular formula is C11H18N2OS.